The Kier molecular flexibility index (Phi) is 5.64. The monoisotopic (exact) mass is 546 g/mol. The maximum atomic E-state index is 14.3. The number of halogens is 1. The zero-order valence-electron chi connectivity index (χ0n) is 22.3. The number of nitrogens with zero attached hydrogens (tertiary/aromatic N) is 2. The molecule has 2 aromatic carbocycles. The predicted molar refractivity (Wildman–Crippen MR) is 146 cm³/mol. The molecule has 6 atom stereocenters. The first kappa shape index (κ1) is 25.8. The van der Waals surface area contributed by atoms with E-state index in [1.807, 2.05) is 32.9 Å². The lowest BCUT2D eigenvalue weighted by atomic mass is 9.51. The first-order valence-electron chi connectivity index (χ1n) is 13.4. The van der Waals surface area contributed by atoms with Crippen molar-refractivity contribution in [2.75, 3.05) is 4.90 Å². The molecule has 7 nitrogen and oxygen atoms in total. The van der Waals surface area contributed by atoms with Crippen molar-refractivity contribution in [3.05, 3.63) is 70.8 Å². The van der Waals surface area contributed by atoms with E-state index in [0.717, 1.165) is 5.57 Å². The Balaban J connectivity index is 1.54. The molecule has 4 aliphatic rings. The van der Waals surface area contributed by atoms with Gasteiger partial charge in [-0.25, -0.2) is 4.90 Å². The number of aromatic hydroxyl groups is 1. The number of imide groups is 2. The van der Waals surface area contributed by atoms with Gasteiger partial charge in [-0.3, -0.25) is 24.1 Å². The Labute approximate surface area is 232 Å². The molecule has 2 aromatic rings. The first-order valence-corrected chi connectivity index (χ1v) is 13.7. The van der Waals surface area contributed by atoms with Gasteiger partial charge in [-0.05, 0) is 76.8 Å². The molecule has 2 heterocycles. The summed E-state index contributed by atoms with van der Waals surface area (Å²) < 4.78 is 0. The van der Waals surface area contributed by atoms with Crippen LogP contribution in [0.25, 0.3) is 0 Å². The van der Waals surface area contributed by atoms with Crippen molar-refractivity contribution >= 4 is 40.9 Å². The number of benzene rings is 2. The summed E-state index contributed by atoms with van der Waals surface area (Å²) in [6, 6.07) is 13.5. The summed E-state index contributed by atoms with van der Waals surface area (Å²) in [5, 5.41) is 11.4. The number of allylic oxidation sites excluding steroid dienone is 2. The molecule has 4 amide bonds. The molecule has 3 fully saturated rings. The smallest absolute Gasteiger partial charge is 0.241 e. The number of fused-ring (bicyclic) bond motifs is 4. The summed E-state index contributed by atoms with van der Waals surface area (Å²) >= 11 is 6.39. The molecular formula is C31H31ClN2O5. The second kappa shape index (κ2) is 8.52. The Hall–Kier alpha value is -3.45. The van der Waals surface area contributed by atoms with Gasteiger partial charge in [0, 0.05) is 22.0 Å². The molecule has 2 saturated heterocycles. The zero-order valence-corrected chi connectivity index (χ0v) is 23.1. The first-order chi connectivity index (χ1) is 18.4. The number of hydrogen-bond donors (Lipinski definition) is 1. The number of rotatable bonds is 2. The maximum Gasteiger partial charge on any atom is 0.241 e. The van der Waals surface area contributed by atoms with Gasteiger partial charge in [-0.2, -0.15) is 0 Å². The van der Waals surface area contributed by atoms with Crippen LogP contribution in [0.1, 0.15) is 52.0 Å². The number of para-hydroxylation sites is 1. The minimum Gasteiger partial charge on any atom is -0.508 e. The number of carbonyl (C=O) groups excluding carboxylic acids is 4. The highest BCUT2D eigenvalue weighted by molar-refractivity contribution is 6.30. The number of likely N-dealkylation sites (tertiary alicyclic amines) is 1. The Morgan fingerprint density at radius 2 is 1.64 bits per heavy atom. The summed E-state index contributed by atoms with van der Waals surface area (Å²) in [5.74, 6) is -4.15. The van der Waals surface area contributed by atoms with Gasteiger partial charge in [0.2, 0.25) is 23.6 Å². The van der Waals surface area contributed by atoms with E-state index in [2.05, 4.69) is 0 Å². The highest BCUT2D eigenvalue weighted by Gasteiger charge is 2.68. The van der Waals surface area contributed by atoms with Crippen LogP contribution >= 0.6 is 11.6 Å². The van der Waals surface area contributed by atoms with E-state index >= 15 is 0 Å². The van der Waals surface area contributed by atoms with Crippen LogP contribution in [0.15, 0.2) is 60.2 Å². The van der Waals surface area contributed by atoms with Crippen LogP contribution in [0.3, 0.4) is 0 Å². The molecule has 1 N–H and O–H groups in total. The topological polar surface area (TPSA) is 95.0 Å². The quantitative estimate of drug-likeness (QED) is 0.419. The van der Waals surface area contributed by atoms with Crippen LogP contribution in [0.5, 0.6) is 5.75 Å². The number of amides is 4. The van der Waals surface area contributed by atoms with E-state index < -0.39 is 40.5 Å². The predicted octanol–water partition coefficient (Wildman–Crippen LogP) is 5.07. The summed E-state index contributed by atoms with van der Waals surface area (Å²) in [6.45, 7) is 7.32. The van der Waals surface area contributed by atoms with Gasteiger partial charge < -0.3 is 5.11 Å². The van der Waals surface area contributed by atoms with Crippen molar-refractivity contribution < 1.29 is 24.3 Å². The largest absolute Gasteiger partial charge is 0.508 e. The summed E-state index contributed by atoms with van der Waals surface area (Å²) in [7, 11) is 0. The Morgan fingerprint density at radius 3 is 2.31 bits per heavy atom. The second-order valence-corrected chi connectivity index (χ2v) is 12.8. The summed E-state index contributed by atoms with van der Waals surface area (Å²) in [6.07, 6.45) is 2.60. The van der Waals surface area contributed by atoms with Crippen molar-refractivity contribution in [3.8, 4) is 5.75 Å². The molecule has 202 valence electrons. The molecule has 2 aliphatic carbocycles. The van der Waals surface area contributed by atoms with Crippen molar-refractivity contribution in [1.29, 1.82) is 0 Å². The molecule has 2 aliphatic heterocycles. The van der Waals surface area contributed by atoms with Crippen LogP contribution in [0, 0.1) is 29.1 Å². The van der Waals surface area contributed by atoms with E-state index in [1.54, 1.807) is 43.3 Å². The number of hydrogen-bond acceptors (Lipinski definition) is 5. The van der Waals surface area contributed by atoms with Gasteiger partial charge in [-0.1, -0.05) is 41.4 Å². The van der Waals surface area contributed by atoms with Gasteiger partial charge in [0.15, 0.2) is 0 Å². The number of anilines is 1. The number of carbonyl (C=O) groups is 4. The van der Waals surface area contributed by atoms with Crippen LogP contribution in [-0.2, 0) is 19.2 Å². The average Bonchev–Trinajstić information content (AvgIpc) is 3.26. The van der Waals surface area contributed by atoms with Crippen LogP contribution < -0.4 is 4.90 Å². The van der Waals surface area contributed by atoms with Gasteiger partial charge in [0.1, 0.15) is 5.75 Å². The normalized spacial score (nSPS) is 32.2. The lowest BCUT2D eigenvalue weighted by molar-refractivity contribution is -0.145. The minimum atomic E-state index is -1.22. The molecule has 1 saturated carbocycles. The van der Waals surface area contributed by atoms with Crippen LogP contribution in [0.2, 0.25) is 5.02 Å². The van der Waals surface area contributed by atoms with Crippen LogP contribution in [-0.4, -0.2) is 39.2 Å². The van der Waals surface area contributed by atoms with Crippen molar-refractivity contribution in [2.45, 2.75) is 52.0 Å². The standard InChI is InChI=1S/C31H31ClN2O5/c1-30(2,3)34-26(36)19-12-11-18-20(24(19)28(34)38)15-22-27(37)33(17-8-6-5-7-9-17)29(39)31(22,4)25(18)21-14-16(32)10-13-23(21)35/h5-11,13-14,19-20,22,24-25,35H,12,15H2,1-4H3/t19-,20+,22-,24-,25+,31+/m0/s1. The second-order valence-electron chi connectivity index (χ2n) is 12.4. The van der Waals surface area contributed by atoms with E-state index in [9.17, 15) is 24.3 Å². The maximum absolute atomic E-state index is 14.3. The number of phenolic OH excluding ortho intramolecular Hbond substituents is 1. The lowest BCUT2D eigenvalue weighted by Gasteiger charge is -2.49. The fourth-order valence-corrected chi connectivity index (χ4v) is 7.78. The van der Waals surface area contributed by atoms with E-state index in [1.165, 1.54) is 15.9 Å². The fraction of sp³-hybridized carbons (Fsp3) is 0.419. The third kappa shape index (κ3) is 3.48. The molecule has 6 rings (SSSR count). The SMILES string of the molecule is CC(C)(C)N1C(=O)[C@H]2[C@H](CC=C3[C@H]2C[C@H]2C(=O)N(c4ccccc4)C(=O)[C@@]2(C)[C@H]3c2cc(Cl)ccc2O)C1=O. The van der Waals surface area contributed by atoms with Crippen molar-refractivity contribution in [2.24, 2.45) is 29.1 Å². The molecule has 0 unspecified atom stereocenters. The van der Waals surface area contributed by atoms with E-state index in [0.29, 0.717) is 22.7 Å². The van der Waals surface area contributed by atoms with E-state index in [-0.39, 0.29) is 35.8 Å². The minimum absolute atomic E-state index is 0.0309. The third-order valence-corrected chi connectivity index (χ3v) is 9.50. The van der Waals surface area contributed by atoms with Gasteiger partial charge in [0.05, 0.1) is 28.9 Å². The highest BCUT2D eigenvalue weighted by Crippen LogP contribution is 2.64. The zero-order chi connectivity index (χ0) is 28.0. The lowest BCUT2D eigenvalue weighted by Crippen LogP contribution is -2.49. The van der Waals surface area contributed by atoms with Crippen LogP contribution in [0.4, 0.5) is 5.69 Å². The Bertz CT molecular complexity index is 1460. The molecule has 8 heteroatoms. The summed E-state index contributed by atoms with van der Waals surface area (Å²) in [5.41, 5.74) is -0.147. The van der Waals surface area contributed by atoms with Gasteiger partial charge in [-0.15, -0.1) is 0 Å². The fourth-order valence-electron chi connectivity index (χ4n) is 7.60. The molecule has 0 aromatic heterocycles. The molecular weight excluding hydrogens is 516 g/mol. The summed E-state index contributed by atoms with van der Waals surface area (Å²) in [4.78, 5) is 58.3. The van der Waals surface area contributed by atoms with Crippen molar-refractivity contribution in [1.82, 2.24) is 4.90 Å². The molecule has 0 spiro atoms. The molecule has 39 heavy (non-hydrogen) atoms. The Morgan fingerprint density at radius 1 is 0.949 bits per heavy atom. The average molecular weight is 547 g/mol. The third-order valence-electron chi connectivity index (χ3n) is 9.26. The van der Waals surface area contributed by atoms with Gasteiger partial charge in [0.25, 0.3) is 0 Å². The number of phenols is 1. The highest BCUT2D eigenvalue weighted by atomic mass is 35.5. The van der Waals surface area contributed by atoms with Crippen molar-refractivity contribution in [3.63, 3.8) is 0 Å². The molecule has 0 bridgehead atoms. The van der Waals surface area contributed by atoms with Gasteiger partial charge >= 0.3 is 0 Å². The van der Waals surface area contributed by atoms with E-state index in [4.69, 9.17) is 11.6 Å². The molecule has 0 radical (unpaired) electrons.